The number of imidazole rings is 1. The van der Waals surface area contributed by atoms with Gasteiger partial charge in [0, 0.05) is 93.7 Å². The fourth-order valence-electron chi connectivity index (χ4n) is 7.86. The number of Topliss-reactive ketones (excluding diaryl/α,β-unsaturated/α-hetero) is 1. The third-order valence-corrected chi connectivity index (χ3v) is 10.7. The number of esters is 1. The number of likely N-dealkylation sites (N-methyl/N-ethyl adjacent to an activating group) is 1. The van der Waals surface area contributed by atoms with Crippen LogP contribution in [0.1, 0.15) is 54.1 Å². The highest BCUT2D eigenvalue weighted by Crippen LogP contribution is 2.49. The number of ether oxygens (including phenoxy) is 2. The number of unbranched alkanes of at least 4 members (excludes halogenated alkanes) is 1. The molecule has 0 bridgehead atoms. The van der Waals surface area contributed by atoms with Crippen molar-refractivity contribution in [2.75, 3.05) is 27.3 Å². The molecule has 1 fully saturated rings. The Hall–Kier alpha value is -4.40. The minimum absolute atomic E-state index is 0.118. The van der Waals surface area contributed by atoms with Gasteiger partial charge in [-0.15, -0.1) is 0 Å². The molecular formula is C37H44BrN7O6. The first-order valence-electron chi connectivity index (χ1n) is 17.1. The average Bonchev–Trinajstić information content (AvgIpc) is 3.66. The molecule has 0 unspecified atom stereocenters. The molecule has 14 heteroatoms. The summed E-state index contributed by atoms with van der Waals surface area (Å²) in [7, 11) is 9.39. The van der Waals surface area contributed by atoms with Gasteiger partial charge >= 0.3 is 11.7 Å². The van der Waals surface area contributed by atoms with Gasteiger partial charge in [0.05, 0.1) is 18.5 Å². The molecule has 13 nitrogen and oxygen atoms in total. The summed E-state index contributed by atoms with van der Waals surface area (Å²) in [5.74, 6) is -0.0562. The van der Waals surface area contributed by atoms with E-state index in [0.29, 0.717) is 49.1 Å². The molecule has 51 heavy (non-hydrogen) atoms. The highest BCUT2D eigenvalue weighted by Gasteiger charge is 2.52. The Morgan fingerprint density at radius 2 is 1.86 bits per heavy atom. The fraction of sp³-hybridized carbons (Fsp3) is 0.459. The standard InChI is InChI=1S/C24H26BrN3O3.C13H18N4O3/c1-27-13-17-8-21-24(30-3,19-5-4-6-20(27)22(17)19)9-15(12-28(21)2)14-31-23(29)16-7-18(25)11-26-10-16;1-9(18)6-4-5-7-17-12(19)10-11(14-8-15(10)2)16(3)13(17)20/h4-7,10-11,13,15,21H,8-9,12,14H2,1-3H3;8H,4-7H2,1-3H3/t15-,21-,24+;/m1./s1. The molecule has 0 amide bonds. The summed E-state index contributed by atoms with van der Waals surface area (Å²) in [4.78, 5) is 58.4. The van der Waals surface area contributed by atoms with Gasteiger partial charge in [0.25, 0.3) is 5.56 Å². The topological polar surface area (TPSA) is 135 Å². The van der Waals surface area contributed by atoms with Crippen molar-refractivity contribution in [2.24, 2.45) is 27.1 Å². The Kier molecular flexibility index (Phi) is 10.5. The van der Waals surface area contributed by atoms with Crippen LogP contribution in [0, 0.1) is 5.92 Å². The van der Waals surface area contributed by atoms with Crippen molar-refractivity contribution in [3.05, 3.63) is 91.2 Å². The van der Waals surface area contributed by atoms with Crippen molar-refractivity contribution in [3.63, 3.8) is 0 Å². The molecule has 1 aromatic carbocycles. The third kappa shape index (κ3) is 6.84. The number of nitrogens with zero attached hydrogens (tertiary/aromatic N) is 7. The lowest BCUT2D eigenvalue weighted by Gasteiger charge is -2.53. The molecule has 1 saturated heterocycles. The van der Waals surface area contributed by atoms with Gasteiger partial charge in [-0.2, -0.15) is 0 Å². The summed E-state index contributed by atoms with van der Waals surface area (Å²) in [5, 5.41) is 1.31. The van der Waals surface area contributed by atoms with E-state index in [0.717, 1.165) is 23.9 Å². The monoisotopic (exact) mass is 761 g/mol. The van der Waals surface area contributed by atoms with Gasteiger partial charge in [-0.3, -0.25) is 23.8 Å². The Labute approximate surface area is 303 Å². The highest BCUT2D eigenvalue weighted by molar-refractivity contribution is 9.10. The van der Waals surface area contributed by atoms with Crippen LogP contribution in [0.3, 0.4) is 0 Å². The molecule has 0 radical (unpaired) electrons. The summed E-state index contributed by atoms with van der Waals surface area (Å²) >= 11 is 3.35. The van der Waals surface area contributed by atoms with Crippen molar-refractivity contribution in [2.45, 2.75) is 57.2 Å². The van der Waals surface area contributed by atoms with Crippen LogP contribution >= 0.6 is 15.9 Å². The first-order valence-corrected chi connectivity index (χ1v) is 17.9. The average molecular weight is 763 g/mol. The molecule has 0 saturated carbocycles. The molecule has 3 atom stereocenters. The number of carbonyl (C=O) groups is 2. The maximum absolute atomic E-state index is 12.5. The minimum atomic E-state index is -0.421. The van der Waals surface area contributed by atoms with Crippen LogP contribution in [-0.4, -0.2) is 78.2 Å². The smallest absolute Gasteiger partial charge is 0.339 e. The lowest BCUT2D eigenvalue weighted by molar-refractivity contribution is -0.131. The van der Waals surface area contributed by atoms with Gasteiger partial charge < -0.3 is 23.4 Å². The number of hydrogen-bond acceptors (Lipinski definition) is 9. The number of likely N-dealkylation sites (tertiary alicyclic amines) is 1. The molecule has 5 aromatic rings. The van der Waals surface area contributed by atoms with Crippen LogP contribution in [0.2, 0.25) is 0 Å². The largest absolute Gasteiger partial charge is 0.462 e. The molecule has 0 spiro atoms. The number of benzene rings is 1. The molecule has 2 aliphatic rings. The molecule has 1 aliphatic carbocycles. The molecule has 7 rings (SSSR count). The second-order valence-corrected chi connectivity index (χ2v) is 14.7. The summed E-state index contributed by atoms with van der Waals surface area (Å²) in [6.45, 7) is 3.07. The zero-order valence-corrected chi connectivity index (χ0v) is 31.5. The van der Waals surface area contributed by atoms with Crippen LogP contribution < -0.4 is 11.2 Å². The Bertz CT molecular complexity index is 2240. The van der Waals surface area contributed by atoms with E-state index in [2.05, 4.69) is 73.9 Å². The number of fused-ring (bicyclic) bond motifs is 3. The molecule has 1 aliphatic heterocycles. The second-order valence-electron chi connectivity index (χ2n) is 13.8. The van der Waals surface area contributed by atoms with Gasteiger partial charge in [-0.1, -0.05) is 12.1 Å². The third-order valence-electron chi connectivity index (χ3n) is 10.3. The molecule has 270 valence electrons. The lowest BCUT2D eigenvalue weighted by atomic mass is 9.69. The van der Waals surface area contributed by atoms with Crippen LogP contribution in [0.4, 0.5) is 0 Å². The summed E-state index contributed by atoms with van der Waals surface area (Å²) < 4.78 is 19.2. The van der Waals surface area contributed by atoms with Gasteiger partial charge in [0.15, 0.2) is 11.2 Å². The highest BCUT2D eigenvalue weighted by atomic mass is 79.9. The molecule has 0 N–H and O–H groups in total. The number of aromatic nitrogens is 6. The van der Waals surface area contributed by atoms with Crippen LogP contribution in [0.5, 0.6) is 0 Å². The Morgan fingerprint density at radius 3 is 2.59 bits per heavy atom. The number of carbonyl (C=O) groups excluding carboxylic acids is 2. The second kappa shape index (κ2) is 14.7. The van der Waals surface area contributed by atoms with E-state index in [4.69, 9.17) is 9.47 Å². The van der Waals surface area contributed by atoms with E-state index in [1.54, 1.807) is 30.9 Å². The summed E-state index contributed by atoms with van der Waals surface area (Å²) in [6, 6.07) is 8.47. The number of piperidine rings is 1. The number of pyridine rings is 1. The van der Waals surface area contributed by atoms with Crippen LogP contribution in [0.25, 0.3) is 22.1 Å². The van der Waals surface area contributed by atoms with Crippen LogP contribution in [-0.2, 0) is 54.0 Å². The van der Waals surface area contributed by atoms with E-state index in [9.17, 15) is 19.2 Å². The van der Waals surface area contributed by atoms with Gasteiger partial charge in [0.1, 0.15) is 11.4 Å². The van der Waals surface area contributed by atoms with Crippen molar-refractivity contribution >= 4 is 49.7 Å². The first kappa shape index (κ1) is 36.4. The van der Waals surface area contributed by atoms with Crippen molar-refractivity contribution in [3.8, 4) is 0 Å². The minimum Gasteiger partial charge on any atom is -0.462 e. The number of hydrogen-bond donors (Lipinski definition) is 0. The first-order chi connectivity index (χ1) is 24.4. The number of rotatable bonds is 9. The van der Waals surface area contributed by atoms with Crippen molar-refractivity contribution < 1.29 is 19.1 Å². The summed E-state index contributed by atoms with van der Waals surface area (Å²) in [6.07, 6.45) is 10.5. The van der Waals surface area contributed by atoms with Crippen molar-refractivity contribution in [1.82, 2.24) is 33.1 Å². The predicted octanol–water partition coefficient (Wildman–Crippen LogP) is 4.10. The molecular weight excluding hydrogens is 718 g/mol. The molecule has 5 heterocycles. The normalized spacial score (nSPS) is 19.8. The maximum Gasteiger partial charge on any atom is 0.339 e. The van der Waals surface area contributed by atoms with E-state index in [1.807, 2.05) is 7.11 Å². The quantitative estimate of drug-likeness (QED) is 0.161. The predicted molar refractivity (Wildman–Crippen MR) is 197 cm³/mol. The van der Waals surface area contributed by atoms with Gasteiger partial charge in [-0.25, -0.2) is 14.6 Å². The van der Waals surface area contributed by atoms with E-state index >= 15 is 0 Å². The summed E-state index contributed by atoms with van der Waals surface area (Å²) in [5.41, 5.74) is 4.00. The van der Waals surface area contributed by atoms with E-state index in [1.165, 1.54) is 50.6 Å². The Morgan fingerprint density at radius 1 is 1.08 bits per heavy atom. The van der Waals surface area contributed by atoms with Gasteiger partial charge in [0.2, 0.25) is 0 Å². The molecule has 4 aromatic heterocycles. The number of aryl methyl sites for hydroxylation is 3. The number of ketones is 1. The zero-order chi connectivity index (χ0) is 36.6. The lowest BCUT2D eigenvalue weighted by Crippen LogP contribution is -2.59. The number of halogens is 1. The van der Waals surface area contributed by atoms with Crippen LogP contribution in [0.15, 0.2) is 63.2 Å². The van der Waals surface area contributed by atoms with Gasteiger partial charge in [-0.05, 0) is 78.8 Å². The van der Waals surface area contributed by atoms with E-state index in [-0.39, 0.29) is 35.0 Å². The SMILES string of the molecule is CC(=O)CCCCn1c(=O)c2c(ncn2C)n(C)c1=O.CO[C@]12C[C@@H](COC(=O)c3cncc(Br)c3)CN(C)[C@@H]1Cc1cn(C)c3cccc2c13. The fourth-order valence-corrected chi connectivity index (χ4v) is 8.23. The maximum atomic E-state index is 12.5. The Balaban J connectivity index is 0.000000194. The van der Waals surface area contributed by atoms with Crippen molar-refractivity contribution in [1.29, 1.82) is 0 Å². The van der Waals surface area contributed by atoms with E-state index < -0.39 is 5.60 Å². The zero-order valence-electron chi connectivity index (χ0n) is 29.9. The number of methoxy groups -OCH3 is 1.